The van der Waals surface area contributed by atoms with Gasteiger partial charge in [-0.1, -0.05) is 58.7 Å². The molecule has 0 saturated heterocycles. The van der Waals surface area contributed by atoms with E-state index in [1.165, 1.54) is 5.57 Å². The number of esters is 1. The zero-order valence-corrected chi connectivity index (χ0v) is 32.3. The molecule has 0 radical (unpaired) electrons. The highest BCUT2D eigenvalue weighted by molar-refractivity contribution is 6.30. The molecule has 0 aromatic heterocycles. The molecule has 50 heavy (non-hydrogen) atoms. The molecular weight excluding hydrogens is 650 g/mol. The lowest BCUT2D eigenvalue weighted by Crippen LogP contribution is -2.63. The summed E-state index contributed by atoms with van der Waals surface area (Å²) in [5.41, 5.74) is 1.45. The molecule has 9 atom stereocenters. The van der Waals surface area contributed by atoms with E-state index in [1.807, 2.05) is 24.3 Å². The number of aliphatic carboxylic acids is 1. The van der Waals surface area contributed by atoms with Crippen LogP contribution in [0, 0.1) is 56.7 Å². The van der Waals surface area contributed by atoms with Crippen LogP contribution in [0.25, 0.3) is 0 Å². The van der Waals surface area contributed by atoms with Crippen LogP contribution in [0.3, 0.4) is 0 Å². The molecule has 4 fully saturated rings. The molecule has 0 bridgehead atoms. The highest BCUT2D eigenvalue weighted by Crippen LogP contribution is 2.73. The molecule has 1 aromatic rings. The number of anilines is 1. The molecule has 9 unspecified atom stereocenters. The van der Waals surface area contributed by atoms with Crippen molar-refractivity contribution in [2.24, 2.45) is 56.7 Å². The number of fused-ring (bicyclic) bond motifs is 7. The molecule has 5 aliphatic carbocycles. The Bertz CT molecular complexity index is 1550. The normalized spacial score (nSPS) is 36.9. The number of carboxylic acids is 1. The van der Waals surface area contributed by atoms with E-state index in [4.69, 9.17) is 16.3 Å². The second-order valence-corrected chi connectivity index (χ2v) is 19.3. The van der Waals surface area contributed by atoms with Crippen LogP contribution in [0.5, 0.6) is 0 Å². The van der Waals surface area contributed by atoms with Crippen molar-refractivity contribution in [2.75, 3.05) is 11.9 Å². The number of carbonyl (C=O) groups is 3. The zero-order valence-electron chi connectivity index (χ0n) is 31.5. The maximum atomic E-state index is 13.9. The first-order valence-corrected chi connectivity index (χ1v) is 19.5. The fourth-order valence-electron chi connectivity index (χ4n) is 12.6. The number of allylic oxidation sites excluding steroid dienone is 1. The summed E-state index contributed by atoms with van der Waals surface area (Å²) >= 11 is 6.11. The molecule has 5 aliphatic rings. The topological polar surface area (TPSA) is 113 Å². The van der Waals surface area contributed by atoms with E-state index < -0.39 is 28.9 Å². The maximum Gasteiger partial charge on any atom is 0.309 e. The zero-order chi connectivity index (χ0) is 36.6. The molecule has 276 valence electrons. The molecule has 0 heterocycles. The number of halogens is 1. The van der Waals surface area contributed by atoms with E-state index >= 15 is 0 Å². The largest absolute Gasteiger partial charge is 0.481 e. The van der Waals surface area contributed by atoms with Crippen molar-refractivity contribution in [1.29, 1.82) is 0 Å². The summed E-state index contributed by atoms with van der Waals surface area (Å²) in [6.07, 6.45) is 7.25. The Balaban J connectivity index is 1.25. The number of nitrogens with one attached hydrogen (secondary N) is 1. The third-order valence-corrected chi connectivity index (χ3v) is 15.3. The van der Waals surface area contributed by atoms with Gasteiger partial charge in [-0.3, -0.25) is 14.4 Å². The van der Waals surface area contributed by atoms with Crippen LogP contribution in [-0.2, 0) is 19.1 Å². The van der Waals surface area contributed by atoms with Gasteiger partial charge in [-0.2, -0.15) is 0 Å². The molecule has 3 N–H and O–H groups in total. The Labute approximate surface area is 304 Å². The smallest absolute Gasteiger partial charge is 0.309 e. The number of carboxylic acid groups (broad SMARTS) is 1. The van der Waals surface area contributed by atoms with Crippen LogP contribution in [-0.4, -0.2) is 46.7 Å². The number of rotatable bonds is 9. The van der Waals surface area contributed by atoms with Gasteiger partial charge in [-0.15, -0.1) is 0 Å². The fraction of sp³-hybridized carbons (Fsp3) is 0.738. The monoisotopic (exact) mass is 709 g/mol. The minimum absolute atomic E-state index is 0.0853. The molecular formula is C42H60ClNO6. The lowest BCUT2D eigenvalue weighted by molar-refractivity contribution is -0.214. The van der Waals surface area contributed by atoms with E-state index in [0.717, 1.165) is 62.6 Å². The minimum atomic E-state index is -1.16. The van der Waals surface area contributed by atoms with Crippen molar-refractivity contribution in [3.8, 4) is 0 Å². The number of ether oxygens (including phenoxy) is 1. The minimum Gasteiger partial charge on any atom is -0.481 e. The number of ketones is 1. The lowest BCUT2D eigenvalue weighted by Gasteiger charge is -2.69. The van der Waals surface area contributed by atoms with Crippen molar-refractivity contribution in [2.45, 2.75) is 132 Å². The van der Waals surface area contributed by atoms with Gasteiger partial charge in [-0.25, -0.2) is 0 Å². The van der Waals surface area contributed by atoms with E-state index in [-0.39, 0.29) is 40.5 Å². The van der Waals surface area contributed by atoms with Gasteiger partial charge in [-0.05, 0) is 135 Å². The number of hydrogen-bond acceptors (Lipinski definition) is 6. The Morgan fingerprint density at radius 1 is 0.960 bits per heavy atom. The number of benzene rings is 1. The second kappa shape index (κ2) is 12.9. The van der Waals surface area contributed by atoms with Crippen LogP contribution in [0.1, 0.15) is 120 Å². The molecule has 7 nitrogen and oxygen atoms in total. The molecule has 1 aromatic carbocycles. The van der Waals surface area contributed by atoms with Crippen molar-refractivity contribution in [1.82, 2.24) is 0 Å². The highest BCUT2D eigenvalue weighted by Gasteiger charge is 2.67. The standard InChI is InChI=1S/C42H60ClNO6/c1-24(2)35-29(45)21-42(32(46)23-44-26-11-9-25(43)10-12-26)20-15-28-27(36(35)42)13-14-31-40(28,7)18-16-30-39(5,6)33(17-19-41(30,31)8)50-34(47)22-38(3,4)37(48)49/h9-12,24,27-28,30-33,44,46H,13-23H2,1-8H3,(H,48,49). The van der Waals surface area contributed by atoms with Crippen LogP contribution >= 0.6 is 11.6 Å². The number of Topliss-reactive ketones (excluding diaryl/α,β-unsaturated/α-hetero) is 1. The Hall–Kier alpha value is -2.38. The van der Waals surface area contributed by atoms with E-state index in [2.05, 4.69) is 46.9 Å². The third-order valence-electron chi connectivity index (χ3n) is 15.0. The van der Waals surface area contributed by atoms with Gasteiger partial charge in [0.1, 0.15) is 6.10 Å². The summed E-state index contributed by atoms with van der Waals surface area (Å²) in [5.74, 6) is 0.578. The first-order chi connectivity index (χ1) is 23.3. The van der Waals surface area contributed by atoms with Crippen molar-refractivity contribution in [3.63, 3.8) is 0 Å². The van der Waals surface area contributed by atoms with Gasteiger partial charge < -0.3 is 20.3 Å². The second-order valence-electron chi connectivity index (χ2n) is 18.8. The average molecular weight is 710 g/mol. The summed E-state index contributed by atoms with van der Waals surface area (Å²) in [6, 6.07) is 7.55. The van der Waals surface area contributed by atoms with Crippen molar-refractivity contribution >= 4 is 35.0 Å². The summed E-state index contributed by atoms with van der Waals surface area (Å²) in [5, 5.41) is 25.7. The molecule has 0 spiro atoms. The van der Waals surface area contributed by atoms with E-state index in [1.54, 1.807) is 13.8 Å². The maximum absolute atomic E-state index is 13.9. The molecule has 6 rings (SSSR count). The molecule has 0 aliphatic heterocycles. The Kier molecular flexibility index (Phi) is 9.67. The lowest BCUT2D eigenvalue weighted by atomic mass is 9.36. The molecule has 4 saturated carbocycles. The number of aliphatic hydroxyl groups excluding tert-OH is 1. The average Bonchev–Trinajstić information content (AvgIpc) is 3.35. The van der Waals surface area contributed by atoms with Crippen molar-refractivity contribution in [3.05, 3.63) is 40.4 Å². The van der Waals surface area contributed by atoms with Crippen LogP contribution in [0.2, 0.25) is 5.02 Å². The van der Waals surface area contributed by atoms with Crippen LogP contribution in [0.15, 0.2) is 35.4 Å². The summed E-state index contributed by atoms with van der Waals surface area (Å²) in [6.45, 7) is 17.4. The van der Waals surface area contributed by atoms with Crippen LogP contribution < -0.4 is 5.32 Å². The summed E-state index contributed by atoms with van der Waals surface area (Å²) in [7, 11) is 0. The van der Waals surface area contributed by atoms with E-state index in [0.29, 0.717) is 41.7 Å². The Morgan fingerprint density at radius 3 is 2.26 bits per heavy atom. The van der Waals surface area contributed by atoms with Gasteiger partial charge >= 0.3 is 11.9 Å². The summed E-state index contributed by atoms with van der Waals surface area (Å²) < 4.78 is 6.14. The fourth-order valence-corrected chi connectivity index (χ4v) is 12.7. The number of aliphatic hydroxyl groups is 1. The van der Waals surface area contributed by atoms with E-state index in [9.17, 15) is 24.6 Å². The predicted molar refractivity (Wildman–Crippen MR) is 197 cm³/mol. The first-order valence-electron chi connectivity index (χ1n) is 19.2. The predicted octanol–water partition coefficient (Wildman–Crippen LogP) is 9.12. The number of hydrogen-bond donors (Lipinski definition) is 3. The molecule has 0 amide bonds. The van der Waals surface area contributed by atoms with Gasteiger partial charge in [0.2, 0.25) is 0 Å². The van der Waals surface area contributed by atoms with Crippen molar-refractivity contribution < 1.29 is 29.3 Å². The van der Waals surface area contributed by atoms with Gasteiger partial charge in [0, 0.05) is 34.5 Å². The molecule has 8 heteroatoms. The first kappa shape index (κ1) is 37.4. The SMILES string of the molecule is CC(C)C1=C2C3CCC4C(C)(CCC5C(C)(C)C(OC(=O)CC(C)(C)C(=O)O)CCC54C)C3CCC2(C(O)CNc2ccc(Cl)cc2)CC1=O. The quantitative estimate of drug-likeness (QED) is 0.219. The van der Waals surface area contributed by atoms with Gasteiger partial charge in [0.15, 0.2) is 5.78 Å². The highest BCUT2D eigenvalue weighted by atomic mass is 35.5. The number of carbonyl (C=O) groups excluding carboxylic acids is 2. The summed E-state index contributed by atoms with van der Waals surface area (Å²) in [4.78, 5) is 38.6. The van der Waals surface area contributed by atoms with Gasteiger partial charge in [0.05, 0.1) is 17.9 Å². The van der Waals surface area contributed by atoms with Crippen LogP contribution in [0.4, 0.5) is 5.69 Å². The third kappa shape index (κ3) is 5.94. The Morgan fingerprint density at radius 2 is 1.62 bits per heavy atom. The van der Waals surface area contributed by atoms with Gasteiger partial charge in [0.25, 0.3) is 0 Å².